The molecule has 0 aliphatic heterocycles. The minimum Gasteiger partial charge on any atom is -0.316 e. The van der Waals surface area contributed by atoms with Crippen molar-refractivity contribution >= 4 is 5.57 Å². The minimum atomic E-state index is -0.108. The highest BCUT2D eigenvalue weighted by atomic mass is 19.1. The SMILES string of the molecule is CC/C(=C\CNC)c1ccc(CC)cc1F. The van der Waals surface area contributed by atoms with Crippen LogP contribution in [0.25, 0.3) is 5.57 Å². The zero-order valence-electron chi connectivity index (χ0n) is 10.3. The molecule has 0 aliphatic carbocycles. The Bertz CT molecular complexity index is 369. The molecule has 0 bridgehead atoms. The molecule has 0 atom stereocenters. The molecule has 0 aliphatic rings. The van der Waals surface area contributed by atoms with E-state index in [1.807, 2.05) is 32.2 Å². The van der Waals surface area contributed by atoms with E-state index in [1.165, 1.54) is 0 Å². The van der Waals surface area contributed by atoms with Crippen molar-refractivity contribution in [3.63, 3.8) is 0 Å². The molecule has 1 aromatic rings. The third kappa shape index (κ3) is 3.17. The van der Waals surface area contributed by atoms with Crippen molar-refractivity contribution in [3.8, 4) is 0 Å². The lowest BCUT2D eigenvalue weighted by Gasteiger charge is -2.08. The quantitative estimate of drug-likeness (QED) is 0.803. The maximum Gasteiger partial charge on any atom is 0.130 e. The number of rotatable bonds is 5. The molecule has 1 N–H and O–H groups in total. The molecule has 0 spiro atoms. The molecule has 0 saturated carbocycles. The third-order valence-electron chi connectivity index (χ3n) is 2.72. The number of halogens is 1. The van der Waals surface area contributed by atoms with Gasteiger partial charge >= 0.3 is 0 Å². The summed E-state index contributed by atoms with van der Waals surface area (Å²) in [5.41, 5.74) is 2.84. The first-order valence-corrected chi connectivity index (χ1v) is 5.85. The summed E-state index contributed by atoms with van der Waals surface area (Å²) in [5, 5.41) is 3.05. The standard InChI is InChI=1S/C14H20FN/c1-4-11-6-7-13(14(15)10-11)12(5-2)8-9-16-3/h6-8,10,16H,4-5,9H2,1-3H3/b12-8+. The van der Waals surface area contributed by atoms with Gasteiger partial charge in [0.05, 0.1) is 0 Å². The van der Waals surface area contributed by atoms with Crippen LogP contribution in [0.3, 0.4) is 0 Å². The Morgan fingerprint density at radius 3 is 2.62 bits per heavy atom. The van der Waals surface area contributed by atoms with Gasteiger partial charge in [-0.1, -0.05) is 32.1 Å². The van der Waals surface area contributed by atoms with Gasteiger partial charge in [0.25, 0.3) is 0 Å². The highest BCUT2D eigenvalue weighted by Crippen LogP contribution is 2.22. The molecular weight excluding hydrogens is 201 g/mol. The summed E-state index contributed by atoms with van der Waals surface area (Å²) in [4.78, 5) is 0. The van der Waals surface area contributed by atoms with E-state index in [1.54, 1.807) is 6.07 Å². The summed E-state index contributed by atoms with van der Waals surface area (Å²) < 4.78 is 13.8. The monoisotopic (exact) mass is 221 g/mol. The molecule has 1 aromatic carbocycles. The Kier molecular flexibility index (Phi) is 5.20. The van der Waals surface area contributed by atoms with Crippen molar-refractivity contribution < 1.29 is 4.39 Å². The summed E-state index contributed by atoms with van der Waals surface area (Å²) in [7, 11) is 1.89. The second kappa shape index (κ2) is 6.44. The van der Waals surface area contributed by atoms with Crippen LogP contribution < -0.4 is 5.32 Å². The van der Waals surface area contributed by atoms with E-state index in [4.69, 9.17) is 0 Å². The van der Waals surface area contributed by atoms with Crippen LogP contribution in [-0.4, -0.2) is 13.6 Å². The van der Waals surface area contributed by atoms with Crippen LogP contribution in [0.5, 0.6) is 0 Å². The Morgan fingerprint density at radius 1 is 1.38 bits per heavy atom. The molecule has 2 heteroatoms. The molecule has 0 fully saturated rings. The van der Waals surface area contributed by atoms with Crippen molar-refractivity contribution in [2.45, 2.75) is 26.7 Å². The molecule has 0 unspecified atom stereocenters. The smallest absolute Gasteiger partial charge is 0.130 e. The predicted octanol–water partition coefficient (Wildman–Crippen LogP) is 3.40. The average Bonchev–Trinajstić information content (AvgIpc) is 2.31. The minimum absolute atomic E-state index is 0.108. The molecule has 0 radical (unpaired) electrons. The van der Waals surface area contributed by atoms with E-state index in [9.17, 15) is 4.39 Å². The van der Waals surface area contributed by atoms with E-state index in [2.05, 4.69) is 12.2 Å². The average molecular weight is 221 g/mol. The van der Waals surface area contributed by atoms with E-state index in [-0.39, 0.29) is 5.82 Å². The fourth-order valence-corrected chi connectivity index (χ4v) is 1.71. The highest BCUT2D eigenvalue weighted by Gasteiger charge is 2.06. The first kappa shape index (κ1) is 12.9. The van der Waals surface area contributed by atoms with Crippen molar-refractivity contribution in [2.24, 2.45) is 0 Å². The van der Waals surface area contributed by atoms with Crippen molar-refractivity contribution in [1.82, 2.24) is 5.32 Å². The number of likely N-dealkylation sites (N-methyl/N-ethyl adjacent to an activating group) is 1. The number of allylic oxidation sites excluding steroid dienone is 1. The fraction of sp³-hybridized carbons (Fsp3) is 0.429. The lowest BCUT2D eigenvalue weighted by molar-refractivity contribution is 0.621. The van der Waals surface area contributed by atoms with Gasteiger partial charge in [0.15, 0.2) is 0 Å². The highest BCUT2D eigenvalue weighted by molar-refractivity contribution is 5.66. The third-order valence-corrected chi connectivity index (χ3v) is 2.72. The van der Waals surface area contributed by atoms with Crippen LogP contribution in [0, 0.1) is 5.82 Å². The Labute approximate surface area is 97.4 Å². The lowest BCUT2D eigenvalue weighted by atomic mass is 10.00. The maximum atomic E-state index is 13.8. The molecule has 1 rings (SSSR count). The first-order chi connectivity index (χ1) is 7.72. The molecule has 0 saturated heterocycles. The second-order valence-electron chi connectivity index (χ2n) is 3.81. The van der Waals surface area contributed by atoms with Crippen molar-refractivity contribution in [2.75, 3.05) is 13.6 Å². The zero-order valence-corrected chi connectivity index (χ0v) is 10.3. The summed E-state index contributed by atoms with van der Waals surface area (Å²) in [6, 6.07) is 5.53. The molecular formula is C14H20FN. The number of hydrogen-bond acceptors (Lipinski definition) is 1. The zero-order chi connectivity index (χ0) is 12.0. The fourth-order valence-electron chi connectivity index (χ4n) is 1.71. The van der Waals surface area contributed by atoms with Gasteiger partial charge in [0, 0.05) is 12.1 Å². The molecule has 16 heavy (non-hydrogen) atoms. The number of benzene rings is 1. The van der Waals surface area contributed by atoms with Crippen molar-refractivity contribution in [3.05, 3.63) is 41.2 Å². The number of hydrogen-bond donors (Lipinski definition) is 1. The molecule has 88 valence electrons. The number of aryl methyl sites for hydroxylation is 1. The summed E-state index contributed by atoms with van der Waals surface area (Å²) in [5.74, 6) is -0.108. The van der Waals surface area contributed by atoms with E-state index >= 15 is 0 Å². The maximum absolute atomic E-state index is 13.8. The van der Waals surface area contributed by atoms with Gasteiger partial charge in [0.1, 0.15) is 5.82 Å². The van der Waals surface area contributed by atoms with Gasteiger partial charge in [-0.25, -0.2) is 4.39 Å². The predicted molar refractivity (Wildman–Crippen MR) is 68.0 cm³/mol. The normalized spacial score (nSPS) is 11.9. The summed E-state index contributed by atoms with van der Waals surface area (Å²) >= 11 is 0. The van der Waals surface area contributed by atoms with Gasteiger partial charge in [-0.3, -0.25) is 0 Å². The van der Waals surface area contributed by atoms with E-state index < -0.39 is 0 Å². The lowest BCUT2D eigenvalue weighted by Crippen LogP contribution is -2.05. The van der Waals surface area contributed by atoms with E-state index in [0.717, 1.165) is 36.1 Å². The second-order valence-corrected chi connectivity index (χ2v) is 3.81. The van der Waals surface area contributed by atoms with Gasteiger partial charge in [0.2, 0.25) is 0 Å². The summed E-state index contributed by atoms with van der Waals surface area (Å²) in [6.45, 7) is 4.86. The van der Waals surface area contributed by atoms with Crippen molar-refractivity contribution in [1.29, 1.82) is 0 Å². The van der Waals surface area contributed by atoms with Crippen LogP contribution in [0.2, 0.25) is 0 Å². The Balaban J connectivity index is 3.01. The largest absolute Gasteiger partial charge is 0.316 e. The van der Waals surface area contributed by atoms with Crippen LogP contribution in [0.1, 0.15) is 31.4 Å². The van der Waals surface area contributed by atoms with Crippen LogP contribution in [0.15, 0.2) is 24.3 Å². The molecule has 0 amide bonds. The summed E-state index contributed by atoms with van der Waals surface area (Å²) in [6.07, 6.45) is 3.77. The van der Waals surface area contributed by atoms with E-state index in [0.29, 0.717) is 0 Å². The molecule has 0 aromatic heterocycles. The Morgan fingerprint density at radius 2 is 2.12 bits per heavy atom. The van der Waals surface area contributed by atoms with Crippen LogP contribution in [-0.2, 0) is 6.42 Å². The van der Waals surface area contributed by atoms with Gasteiger partial charge < -0.3 is 5.32 Å². The Hall–Kier alpha value is -1.15. The van der Waals surface area contributed by atoms with Crippen LogP contribution in [0.4, 0.5) is 4.39 Å². The topological polar surface area (TPSA) is 12.0 Å². The first-order valence-electron chi connectivity index (χ1n) is 5.85. The van der Waals surface area contributed by atoms with Crippen LogP contribution >= 0.6 is 0 Å². The van der Waals surface area contributed by atoms with Gasteiger partial charge in [-0.2, -0.15) is 0 Å². The van der Waals surface area contributed by atoms with Gasteiger partial charge in [-0.15, -0.1) is 0 Å². The number of nitrogens with one attached hydrogen (secondary N) is 1. The molecule has 1 nitrogen and oxygen atoms in total. The van der Waals surface area contributed by atoms with Gasteiger partial charge in [-0.05, 0) is 37.1 Å². The molecule has 0 heterocycles.